The Kier molecular flexibility index (Phi) is 4.57. The number of hydrogen-bond donors (Lipinski definition) is 1. The smallest absolute Gasteiger partial charge is 0.302 e. The van der Waals surface area contributed by atoms with Crippen LogP contribution in [0.25, 0.3) is 0 Å². The second-order valence-corrected chi connectivity index (χ2v) is 10.1. The lowest BCUT2D eigenvalue weighted by atomic mass is 9.43. The number of aliphatic hydroxyl groups excluding tert-OH is 1. The van der Waals surface area contributed by atoms with Crippen molar-refractivity contribution in [2.45, 2.75) is 78.4 Å². The summed E-state index contributed by atoms with van der Waals surface area (Å²) in [7, 11) is 0. The molecule has 0 amide bonds. The quantitative estimate of drug-likeness (QED) is 0.452. The molecular weight excluding hydrogens is 340 g/mol. The van der Waals surface area contributed by atoms with Crippen molar-refractivity contribution in [2.24, 2.45) is 40.4 Å². The summed E-state index contributed by atoms with van der Waals surface area (Å²) in [5.74, 6) is 1.84. The number of allylic oxidation sites excluding steroid dienone is 1. The Morgan fingerprint density at radius 2 is 2.00 bits per heavy atom. The molecule has 3 fully saturated rings. The zero-order valence-corrected chi connectivity index (χ0v) is 17.1. The first-order valence-electron chi connectivity index (χ1n) is 10.8. The van der Waals surface area contributed by atoms with E-state index in [4.69, 9.17) is 4.74 Å². The minimum Gasteiger partial charge on any atom is -0.462 e. The van der Waals surface area contributed by atoms with Crippen LogP contribution in [0.5, 0.6) is 0 Å². The van der Waals surface area contributed by atoms with Gasteiger partial charge in [-0.3, -0.25) is 4.79 Å². The summed E-state index contributed by atoms with van der Waals surface area (Å²) in [5, 5.41) is 10.3. The molecule has 150 valence electrons. The first-order valence-corrected chi connectivity index (χ1v) is 10.8. The minimum absolute atomic E-state index is 0.0165. The van der Waals surface area contributed by atoms with Gasteiger partial charge in [0.25, 0.3) is 0 Å². The highest BCUT2D eigenvalue weighted by atomic mass is 16.5. The van der Waals surface area contributed by atoms with Crippen molar-refractivity contribution in [3.05, 3.63) is 11.6 Å². The standard InChI is InChI=1S/C23H34O4/c1-13-9-16-11-17(26)10-14(2)23(16,12-24)19-7-8-22(4)18(21(13)19)5-6-20(22)27-15(3)25/h11-14,17-21,26H,5-10H2,1-4H3/t13?,14?,17?,18-,19+,20?,21-,22-,23-/m0/s1. The van der Waals surface area contributed by atoms with Gasteiger partial charge in [0.2, 0.25) is 0 Å². The fourth-order valence-electron chi connectivity index (χ4n) is 7.82. The van der Waals surface area contributed by atoms with Crippen LogP contribution in [0.4, 0.5) is 0 Å². The van der Waals surface area contributed by atoms with E-state index >= 15 is 0 Å². The molecule has 1 N–H and O–H groups in total. The SMILES string of the molecule is CC(=O)OC1CC[C@H]2[C@@H]3C(C)CC4=CC(O)CC(C)[C@]4(C=O)[C@@H]3CC[C@]12C. The number of ether oxygens (including phenoxy) is 1. The number of aldehydes is 1. The number of fused-ring (bicyclic) bond motifs is 5. The Morgan fingerprint density at radius 1 is 1.26 bits per heavy atom. The number of esters is 1. The summed E-state index contributed by atoms with van der Waals surface area (Å²) in [5.41, 5.74) is 0.816. The van der Waals surface area contributed by atoms with Gasteiger partial charge in [-0.15, -0.1) is 0 Å². The Balaban J connectivity index is 1.73. The van der Waals surface area contributed by atoms with E-state index in [1.807, 2.05) is 6.08 Å². The average Bonchev–Trinajstić information content (AvgIpc) is 2.90. The lowest BCUT2D eigenvalue weighted by Crippen LogP contribution is -2.58. The summed E-state index contributed by atoms with van der Waals surface area (Å²) in [6, 6.07) is 0. The van der Waals surface area contributed by atoms with Crippen LogP contribution in [0.3, 0.4) is 0 Å². The van der Waals surface area contributed by atoms with E-state index < -0.39 is 11.5 Å². The molecule has 4 nitrogen and oxygen atoms in total. The second kappa shape index (κ2) is 6.43. The van der Waals surface area contributed by atoms with Gasteiger partial charge >= 0.3 is 5.97 Å². The van der Waals surface area contributed by atoms with Crippen LogP contribution in [0.1, 0.15) is 66.2 Å². The van der Waals surface area contributed by atoms with Crippen molar-refractivity contribution in [2.75, 3.05) is 0 Å². The number of carbonyl (C=O) groups excluding carboxylic acids is 2. The molecule has 3 saturated carbocycles. The van der Waals surface area contributed by atoms with E-state index in [9.17, 15) is 14.7 Å². The molecule has 0 bridgehead atoms. The van der Waals surface area contributed by atoms with Crippen LogP contribution in [-0.4, -0.2) is 29.6 Å². The molecule has 0 saturated heterocycles. The van der Waals surface area contributed by atoms with Crippen LogP contribution in [-0.2, 0) is 14.3 Å². The maximum absolute atomic E-state index is 12.6. The summed E-state index contributed by atoms with van der Waals surface area (Å²) in [4.78, 5) is 24.2. The highest BCUT2D eigenvalue weighted by molar-refractivity contribution is 5.68. The highest BCUT2D eigenvalue weighted by Gasteiger charge is 2.64. The normalized spacial score (nSPS) is 51.4. The van der Waals surface area contributed by atoms with Crippen molar-refractivity contribution in [1.29, 1.82) is 0 Å². The molecule has 0 aromatic carbocycles. The van der Waals surface area contributed by atoms with Gasteiger partial charge in [0.05, 0.1) is 11.5 Å². The summed E-state index contributed by atoms with van der Waals surface area (Å²) < 4.78 is 5.74. The third kappa shape index (κ3) is 2.58. The Hall–Kier alpha value is -1.16. The van der Waals surface area contributed by atoms with Crippen LogP contribution >= 0.6 is 0 Å². The molecular formula is C23H34O4. The monoisotopic (exact) mass is 374 g/mol. The van der Waals surface area contributed by atoms with E-state index in [0.717, 1.165) is 32.1 Å². The van der Waals surface area contributed by atoms with Crippen LogP contribution in [0.2, 0.25) is 0 Å². The van der Waals surface area contributed by atoms with Gasteiger partial charge in [0, 0.05) is 12.3 Å². The van der Waals surface area contributed by atoms with Crippen molar-refractivity contribution in [1.82, 2.24) is 0 Å². The van der Waals surface area contributed by atoms with Crippen LogP contribution < -0.4 is 0 Å². The fraction of sp³-hybridized carbons (Fsp3) is 0.826. The van der Waals surface area contributed by atoms with E-state index in [1.165, 1.54) is 18.8 Å². The summed E-state index contributed by atoms with van der Waals surface area (Å²) >= 11 is 0. The van der Waals surface area contributed by atoms with E-state index in [2.05, 4.69) is 20.8 Å². The fourth-order valence-corrected chi connectivity index (χ4v) is 7.82. The molecule has 0 aromatic rings. The molecule has 0 spiro atoms. The maximum Gasteiger partial charge on any atom is 0.302 e. The highest BCUT2D eigenvalue weighted by Crippen LogP contribution is 2.67. The Morgan fingerprint density at radius 3 is 2.67 bits per heavy atom. The third-order valence-electron chi connectivity index (χ3n) is 8.92. The van der Waals surface area contributed by atoms with Crippen LogP contribution in [0.15, 0.2) is 11.6 Å². The molecule has 9 atom stereocenters. The van der Waals surface area contributed by atoms with Gasteiger partial charge in [-0.25, -0.2) is 0 Å². The van der Waals surface area contributed by atoms with Gasteiger partial charge in [-0.1, -0.05) is 32.4 Å². The van der Waals surface area contributed by atoms with Gasteiger partial charge < -0.3 is 14.6 Å². The maximum atomic E-state index is 12.6. The van der Waals surface area contributed by atoms with Gasteiger partial charge in [0.15, 0.2) is 0 Å². The lowest BCUT2D eigenvalue weighted by Gasteiger charge is -2.61. The lowest BCUT2D eigenvalue weighted by molar-refractivity contribution is -0.160. The molecule has 0 aromatic heterocycles. The molecule has 4 rings (SSSR count). The van der Waals surface area contributed by atoms with Gasteiger partial charge in [-0.05, 0) is 68.1 Å². The van der Waals surface area contributed by atoms with E-state index in [1.54, 1.807) is 0 Å². The van der Waals surface area contributed by atoms with Crippen molar-refractivity contribution in [3.63, 3.8) is 0 Å². The molecule has 0 aliphatic heterocycles. The second-order valence-electron chi connectivity index (χ2n) is 10.1. The van der Waals surface area contributed by atoms with E-state index in [0.29, 0.717) is 30.1 Å². The number of carbonyl (C=O) groups is 2. The molecule has 0 heterocycles. The number of aliphatic hydroxyl groups is 1. The third-order valence-corrected chi connectivity index (χ3v) is 8.92. The van der Waals surface area contributed by atoms with Crippen LogP contribution in [0, 0.1) is 40.4 Å². The topological polar surface area (TPSA) is 63.6 Å². The summed E-state index contributed by atoms with van der Waals surface area (Å²) in [6.07, 6.45) is 8.48. The summed E-state index contributed by atoms with van der Waals surface area (Å²) in [6.45, 7) is 8.30. The molecule has 4 unspecified atom stereocenters. The van der Waals surface area contributed by atoms with Crippen molar-refractivity contribution in [3.8, 4) is 0 Å². The zero-order valence-electron chi connectivity index (χ0n) is 17.1. The largest absolute Gasteiger partial charge is 0.462 e. The molecule has 27 heavy (non-hydrogen) atoms. The number of hydrogen-bond acceptors (Lipinski definition) is 4. The van der Waals surface area contributed by atoms with Gasteiger partial charge in [-0.2, -0.15) is 0 Å². The molecule has 0 radical (unpaired) electrons. The first-order chi connectivity index (χ1) is 12.7. The van der Waals surface area contributed by atoms with Gasteiger partial charge in [0.1, 0.15) is 12.4 Å². The van der Waals surface area contributed by atoms with Crippen molar-refractivity contribution >= 4 is 12.3 Å². The van der Waals surface area contributed by atoms with Crippen molar-refractivity contribution < 1.29 is 19.4 Å². The molecule has 4 aliphatic rings. The Labute approximate surface area is 162 Å². The first kappa shape index (κ1) is 19.2. The number of rotatable bonds is 2. The minimum atomic E-state index is -0.416. The zero-order chi connectivity index (χ0) is 19.6. The average molecular weight is 375 g/mol. The Bertz CT molecular complexity index is 669. The van der Waals surface area contributed by atoms with E-state index in [-0.39, 0.29) is 23.4 Å². The molecule has 4 heteroatoms. The molecule has 4 aliphatic carbocycles. The predicted molar refractivity (Wildman–Crippen MR) is 103 cm³/mol. The predicted octanol–water partition coefficient (Wildman–Crippen LogP) is 3.91.